The molecule has 31 heavy (non-hydrogen) atoms. The van der Waals surface area contributed by atoms with Gasteiger partial charge in [-0.2, -0.15) is 0 Å². The summed E-state index contributed by atoms with van der Waals surface area (Å²) < 4.78 is 5.94. The zero-order valence-corrected chi connectivity index (χ0v) is 19.6. The Balaban J connectivity index is 2.10. The van der Waals surface area contributed by atoms with E-state index in [0.717, 1.165) is 16.7 Å². The SMILES string of the molecule is Cc1c(NC(=O)CC(C)(C)C)c(C)c2c(c1C(=O)O)OCC2c1ccc(C(C)C)cc1. The Bertz CT molecular complexity index is 1010. The third-order valence-electron chi connectivity index (χ3n) is 5.92. The molecule has 166 valence electrons. The summed E-state index contributed by atoms with van der Waals surface area (Å²) in [6.45, 7) is 14.4. The van der Waals surface area contributed by atoms with Crippen LogP contribution in [0, 0.1) is 19.3 Å². The van der Waals surface area contributed by atoms with Crippen LogP contribution in [0.5, 0.6) is 5.75 Å². The number of hydrogen-bond donors (Lipinski definition) is 2. The highest BCUT2D eigenvalue weighted by Gasteiger charge is 2.35. The molecule has 0 aromatic heterocycles. The van der Waals surface area contributed by atoms with E-state index in [0.29, 0.717) is 35.9 Å². The number of anilines is 1. The molecule has 2 aromatic carbocycles. The summed E-state index contributed by atoms with van der Waals surface area (Å²) in [5.41, 5.74) is 5.14. The maximum absolute atomic E-state index is 12.7. The lowest BCUT2D eigenvalue weighted by molar-refractivity contribution is -0.117. The molecule has 2 N–H and O–H groups in total. The van der Waals surface area contributed by atoms with Crippen molar-refractivity contribution in [3.05, 3.63) is 57.6 Å². The molecule has 1 aliphatic heterocycles. The molecule has 0 aliphatic carbocycles. The number of carbonyl (C=O) groups is 2. The van der Waals surface area contributed by atoms with Gasteiger partial charge in [0.15, 0.2) is 0 Å². The van der Waals surface area contributed by atoms with Gasteiger partial charge in [0.25, 0.3) is 0 Å². The topological polar surface area (TPSA) is 75.6 Å². The van der Waals surface area contributed by atoms with Gasteiger partial charge in [-0.05, 0) is 47.4 Å². The molecule has 1 amide bonds. The number of ether oxygens (including phenoxy) is 1. The predicted octanol–water partition coefficient (Wildman–Crippen LogP) is 6.02. The third kappa shape index (κ3) is 4.60. The zero-order chi connectivity index (χ0) is 23.1. The summed E-state index contributed by atoms with van der Waals surface area (Å²) >= 11 is 0. The smallest absolute Gasteiger partial charge is 0.339 e. The summed E-state index contributed by atoms with van der Waals surface area (Å²) in [6.07, 6.45) is 0.349. The molecule has 0 radical (unpaired) electrons. The predicted molar refractivity (Wildman–Crippen MR) is 123 cm³/mol. The van der Waals surface area contributed by atoms with E-state index in [2.05, 4.69) is 43.4 Å². The first-order valence-electron chi connectivity index (χ1n) is 10.8. The van der Waals surface area contributed by atoms with Gasteiger partial charge in [-0.25, -0.2) is 4.79 Å². The summed E-state index contributed by atoms with van der Waals surface area (Å²) in [5.74, 6) is -0.376. The summed E-state index contributed by atoms with van der Waals surface area (Å²) in [7, 11) is 0. The maximum Gasteiger partial charge on any atom is 0.339 e. The monoisotopic (exact) mass is 423 g/mol. The number of fused-ring (bicyclic) bond motifs is 1. The van der Waals surface area contributed by atoms with Crippen molar-refractivity contribution in [1.82, 2.24) is 0 Å². The number of amides is 1. The van der Waals surface area contributed by atoms with E-state index in [9.17, 15) is 14.7 Å². The molecular weight excluding hydrogens is 390 g/mol. The number of nitrogens with one attached hydrogen (secondary N) is 1. The zero-order valence-electron chi connectivity index (χ0n) is 19.6. The van der Waals surface area contributed by atoms with E-state index in [-0.39, 0.29) is 22.8 Å². The van der Waals surface area contributed by atoms with Gasteiger partial charge >= 0.3 is 5.97 Å². The van der Waals surface area contributed by atoms with Crippen molar-refractivity contribution >= 4 is 17.6 Å². The fourth-order valence-corrected chi connectivity index (χ4v) is 4.32. The molecule has 0 bridgehead atoms. The molecule has 2 aromatic rings. The number of rotatable bonds is 5. The van der Waals surface area contributed by atoms with Crippen molar-refractivity contribution in [2.45, 2.75) is 66.7 Å². The molecule has 1 aliphatic rings. The van der Waals surface area contributed by atoms with Crippen molar-refractivity contribution in [2.75, 3.05) is 11.9 Å². The first kappa shape index (κ1) is 22.9. The maximum atomic E-state index is 12.7. The lowest BCUT2D eigenvalue weighted by Gasteiger charge is -2.22. The summed E-state index contributed by atoms with van der Waals surface area (Å²) in [6, 6.07) is 8.42. The van der Waals surface area contributed by atoms with Crippen LogP contribution < -0.4 is 10.1 Å². The Morgan fingerprint density at radius 2 is 1.74 bits per heavy atom. The van der Waals surface area contributed by atoms with Crippen LogP contribution in [0.25, 0.3) is 0 Å². The highest BCUT2D eigenvalue weighted by molar-refractivity contribution is 6.00. The Morgan fingerprint density at radius 1 is 1.13 bits per heavy atom. The van der Waals surface area contributed by atoms with Gasteiger partial charge in [0.2, 0.25) is 5.91 Å². The molecule has 0 fully saturated rings. The molecule has 5 nitrogen and oxygen atoms in total. The first-order valence-corrected chi connectivity index (χ1v) is 10.8. The van der Waals surface area contributed by atoms with E-state index in [1.54, 1.807) is 6.92 Å². The van der Waals surface area contributed by atoms with Gasteiger partial charge in [-0.15, -0.1) is 0 Å². The second-order valence-electron chi connectivity index (χ2n) is 10.0. The van der Waals surface area contributed by atoms with E-state index >= 15 is 0 Å². The minimum atomic E-state index is -1.05. The van der Waals surface area contributed by atoms with Gasteiger partial charge in [0.05, 0.1) is 6.61 Å². The largest absolute Gasteiger partial charge is 0.491 e. The van der Waals surface area contributed by atoms with Gasteiger partial charge in [-0.1, -0.05) is 58.9 Å². The molecular formula is C26H33NO4. The Labute approximate surface area is 184 Å². The highest BCUT2D eigenvalue weighted by Crippen LogP contribution is 2.47. The third-order valence-corrected chi connectivity index (χ3v) is 5.92. The van der Waals surface area contributed by atoms with E-state index in [4.69, 9.17) is 4.74 Å². The minimum Gasteiger partial charge on any atom is -0.491 e. The number of carboxylic acid groups (broad SMARTS) is 1. The number of hydrogen-bond acceptors (Lipinski definition) is 3. The highest BCUT2D eigenvalue weighted by atomic mass is 16.5. The van der Waals surface area contributed by atoms with Crippen LogP contribution in [0.3, 0.4) is 0 Å². The normalized spacial score (nSPS) is 15.5. The van der Waals surface area contributed by atoms with Crippen molar-refractivity contribution in [3.8, 4) is 5.75 Å². The first-order chi connectivity index (χ1) is 14.4. The molecule has 1 heterocycles. The summed E-state index contributed by atoms with van der Waals surface area (Å²) in [4.78, 5) is 24.8. The minimum absolute atomic E-state index is 0.0758. The second kappa shape index (κ2) is 8.37. The molecule has 0 saturated carbocycles. The van der Waals surface area contributed by atoms with Crippen molar-refractivity contribution in [3.63, 3.8) is 0 Å². The van der Waals surface area contributed by atoms with Crippen LogP contribution >= 0.6 is 0 Å². The fraction of sp³-hybridized carbons (Fsp3) is 0.462. The van der Waals surface area contributed by atoms with Gasteiger partial charge in [0, 0.05) is 23.6 Å². The standard InChI is InChI=1S/C26H33NO4/c1-14(2)17-8-10-18(11-9-17)19-13-31-24-21(19)15(3)23(16(4)22(24)25(29)30)27-20(28)12-26(5,6)7/h8-11,14,19H,12-13H2,1-7H3,(H,27,28)(H,29,30). The van der Waals surface area contributed by atoms with Gasteiger partial charge in [-0.3, -0.25) is 4.79 Å². The van der Waals surface area contributed by atoms with Crippen molar-refractivity contribution < 1.29 is 19.4 Å². The van der Waals surface area contributed by atoms with E-state index in [1.807, 2.05) is 27.7 Å². The van der Waals surface area contributed by atoms with Crippen LogP contribution in [0.15, 0.2) is 24.3 Å². The van der Waals surface area contributed by atoms with E-state index in [1.165, 1.54) is 5.56 Å². The molecule has 1 atom stereocenters. The number of aromatic carboxylic acids is 1. The van der Waals surface area contributed by atoms with Gasteiger partial charge in [0.1, 0.15) is 11.3 Å². The number of benzene rings is 2. The Kier molecular flexibility index (Phi) is 6.17. The second-order valence-corrected chi connectivity index (χ2v) is 10.0. The van der Waals surface area contributed by atoms with Crippen molar-refractivity contribution in [1.29, 1.82) is 0 Å². The average Bonchev–Trinajstić information content (AvgIpc) is 3.08. The van der Waals surface area contributed by atoms with E-state index < -0.39 is 5.97 Å². The molecule has 0 saturated heterocycles. The van der Waals surface area contributed by atoms with Crippen LogP contribution in [0.1, 0.15) is 91.1 Å². The Morgan fingerprint density at radius 3 is 2.26 bits per heavy atom. The molecule has 1 unspecified atom stereocenters. The van der Waals surface area contributed by atoms with Crippen LogP contribution in [0.2, 0.25) is 0 Å². The Hall–Kier alpha value is -2.82. The fourth-order valence-electron chi connectivity index (χ4n) is 4.32. The van der Waals surface area contributed by atoms with Crippen LogP contribution in [0.4, 0.5) is 5.69 Å². The van der Waals surface area contributed by atoms with Crippen LogP contribution in [-0.2, 0) is 4.79 Å². The number of carboxylic acids is 1. The molecule has 0 spiro atoms. The molecule has 5 heteroatoms. The van der Waals surface area contributed by atoms with Gasteiger partial charge < -0.3 is 15.2 Å². The quantitative estimate of drug-likeness (QED) is 0.616. The lowest BCUT2D eigenvalue weighted by atomic mass is 9.85. The van der Waals surface area contributed by atoms with Crippen molar-refractivity contribution in [2.24, 2.45) is 5.41 Å². The molecule has 3 rings (SSSR count). The lowest BCUT2D eigenvalue weighted by Crippen LogP contribution is -2.21. The number of carbonyl (C=O) groups excluding carboxylic acids is 1. The average molecular weight is 424 g/mol. The summed E-state index contributed by atoms with van der Waals surface area (Å²) in [5, 5.41) is 12.9. The van der Waals surface area contributed by atoms with Crippen LogP contribution in [-0.4, -0.2) is 23.6 Å².